The molecule has 1 atom stereocenters. The van der Waals surface area contributed by atoms with E-state index in [2.05, 4.69) is 5.10 Å². The van der Waals surface area contributed by atoms with Crippen molar-refractivity contribution in [3.8, 4) is 28.3 Å². The molecule has 0 aliphatic rings. The van der Waals surface area contributed by atoms with E-state index in [-0.39, 0.29) is 12.2 Å². The van der Waals surface area contributed by atoms with Crippen LogP contribution < -0.4 is 15.0 Å². The lowest BCUT2D eigenvalue weighted by Gasteiger charge is -2.21. The lowest BCUT2D eigenvalue weighted by Crippen LogP contribution is -2.36. The van der Waals surface area contributed by atoms with Crippen molar-refractivity contribution in [3.63, 3.8) is 0 Å². The van der Waals surface area contributed by atoms with Gasteiger partial charge in [0.2, 0.25) is 0 Å². The first-order valence-corrected chi connectivity index (χ1v) is 11.2. The molecule has 34 heavy (non-hydrogen) atoms. The second kappa shape index (κ2) is 10.7. The van der Waals surface area contributed by atoms with Crippen molar-refractivity contribution in [2.45, 2.75) is 26.4 Å². The third kappa shape index (κ3) is 5.41. The smallest absolute Gasteiger partial charge is 0.282 e. The van der Waals surface area contributed by atoms with Gasteiger partial charge < -0.3 is 19.7 Å². The zero-order chi connectivity index (χ0) is 24.9. The van der Waals surface area contributed by atoms with Gasteiger partial charge in [0, 0.05) is 22.8 Å². The quantitative estimate of drug-likeness (QED) is 0.411. The molecule has 0 bridgehead atoms. The lowest BCUT2D eigenvalue weighted by molar-refractivity contribution is -0.0329. The van der Waals surface area contributed by atoms with Crippen molar-refractivity contribution in [3.05, 3.63) is 76.4 Å². The molecule has 1 unspecified atom stereocenters. The Bertz CT molecular complexity index is 1310. The number of aliphatic hydroxyl groups excluding tert-OH is 1. The maximum atomic E-state index is 13.2. The van der Waals surface area contributed by atoms with Crippen molar-refractivity contribution in [1.29, 1.82) is 0 Å². The Morgan fingerprint density at radius 3 is 2.41 bits per heavy atom. The van der Waals surface area contributed by atoms with Crippen LogP contribution in [-0.2, 0) is 0 Å². The van der Waals surface area contributed by atoms with Crippen LogP contribution in [0.25, 0.3) is 22.3 Å². The number of aromatic nitrogens is 3. The zero-order valence-corrected chi connectivity index (χ0v) is 20.3. The highest BCUT2D eigenvalue weighted by Gasteiger charge is 2.21. The van der Waals surface area contributed by atoms with Gasteiger partial charge in [-0.1, -0.05) is 37.6 Å². The van der Waals surface area contributed by atoms with Crippen LogP contribution in [-0.4, -0.2) is 50.3 Å². The molecule has 0 saturated carbocycles. The number of fused-ring (bicyclic) bond motifs is 1. The van der Waals surface area contributed by atoms with Gasteiger partial charge in [-0.2, -0.15) is 5.10 Å². The zero-order valence-electron chi connectivity index (χ0n) is 19.5. The summed E-state index contributed by atoms with van der Waals surface area (Å²) in [7, 11) is 1.48. The third-order valence-corrected chi connectivity index (χ3v) is 5.26. The summed E-state index contributed by atoms with van der Waals surface area (Å²) < 4.78 is 13.9. The molecule has 0 spiro atoms. The SMILES string of the molecule is CC.COc1cc(-n2cnn3cc(-c4ccc(Cl)cc4)cc3c2=O)ccc1OCC(C)(O)CO. The molecule has 0 amide bonds. The number of rotatable bonds is 7. The maximum absolute atomic E-state index is 13.2. The molecule has 2 N–H and O–H groups in total. The molecule has 180 valence electrons. The minimum Gasteiger partial charge on any atom is -0.493 e. The second-order valence-electron chi connectivity index (χ2n) is 7.65. The first-order valence-electron chi connectivity index (χ1n) is 10.8. The summed E-state index contributed by atoms with van der Waals surface area (Å²) >= 11 is 5.96. The predicted octanol–water partition coefficient (Wildman–Crippen LogP) is 3.96. The Morgan fingerprint density at radius 2 is 1.76 bits per heavy atom. The topological polar surface area (TPSA) is 98.2 Å². The van der Waals surface area contributed by atoms with Crippen molar-refractivity contribution < 1.29 is 19.7 Å². The van der Waals surface area contributed by atoms with Crippen molar-refractivity contribution in [2.75, 3.05) is 20.3 Å². The van der Waals surface area contributed by atoms with Crippen LogP contribution in [0.1, 0.15) is 20.8 Å². The van der Waals surface area contributed by atoms with Gasteiger partial charge in [0.05, 0.1) is 19.4 Å². The normalized spacial score (nSPS) is 12.6. The number of hydrogen-bond donors (Lipinski definition) is 2. The van der Waals surface area contributed by atoms with Crippen LogP contribution in [0.15, 0.2) is 65.8 Å². The van der Waals surface area contributed by atoms with Crippen LogP contribution in [0.5, 0.6) is 11.5 Å². The Hall–Kier alpha value is -3.33. The van der Waals surface area contributed by atoms with Gasteiger partial charge in [-0.25, -0.2) is 4.52 Å². The molecule has 4 aromatic rings. The van der Waals surface area contributed by atoms with E-state index in [0.717, 1.165) is 11.1 Å². The minimum atomic E-state index is -1.38. The molecule has 2 heterocycles. The fraction of sp³-hybridized carbons (Fsp3) is 0.280. The average molecular weight is 486 g/mol. The fourth-order valence-electron chi connectivity index (χ4n) is 3.18. The number of hydrogen-bond acceptors (Lipinski definition) is 6. The molecule has 2 aromatic carbocycles. The van der Waals surface area contributed by atoms with Crippen LogP contribution in [0.2, 0.25) is 5.02 Å². The Morgan fingerprint density at radius 1 is 1.06 bits per heavy atom. The number of aliphatic hydroxyl groups is 2. The summed E-state index contributed by atoms with van der Waals surface area (Å²) in [4.78, 5) is 13.2. The highest BCUT2D eigenvalue weighted by atomic mass is 35.5. The third-order valence-electron chi connectivity index (χ3n) is 5.01. The molecular weight excluding hydrogens is 458 g/mol. The van der Waals surface area contributed by atoms with Gasteiger partial charge in [-0.15, -0.1) is 0 Å². The second-order valence-corrected chi connectivity index (χ2v) is 8.09. The number of nitrogens with zero attached hydrogens (tertiary/aromatic N) is 3. The Labute approximate surface area is 202 Å². The highest BCUT2D eigenvalue weighted by Crippen LogP contribution is 2.30. The first-order chi connectivity index (χ1) is 16.3. The van der Waals surface area contributed by atoms with Crippen molar-refractivity contribution >= 4 is 17.1 Å². The van der Waals surface area contributed by atoms with Gasteiger partial charge in [0.25, 0.3) is 5.56 Å². The van der Waals surface area contributed by atoms with E-state index in [9.17, 15) is 15.0 Å². The van der Waals surface area contributed by atoms with Gasteiger partial charge >= 0.3 is 0 Å². The van der Waals surface area contributed by atoms with Gasteiger partial charge in [0.15, 0.2) is 11.5 Å². The summed E-state index contributed by atoms with van der Waals surface area (Å²) in [5.74, 6) is 0.750. The molecule has 9 heteroatoms. The molecule has 0 aliphatic heterocycles. The molecule has 8 nitrogen and oxygen atoms in total. The molecule has 2 aromatic heterocycles. The average Bonchev–Trinajstić information content (AvgIpc) is 3.30. The van der Waals surface area contributed by atoms with E-state index in [1.165, 1.54) is 29.4 Å². The van der Waals surface area contributed by atoms with Gasteiger partial charge in [-0.3, -0.25) is 9.36 Å². The monoisotopic (exact) mass is 485 g/mol. The highest BCUT2D eigenvalue weighted by molar-refractivity contribution is 6.30. The fourth-order valence-corrected chi connectivity index (χ4v) is 3.30. The van der Waals surface area contributed by atoms with Crippen LogP contribution in [0.3, 0.4) is 0 Å². The minimum absolute atomic E-state index is 0.121. The van der Waals surface area contributed by atoms with E-state index in [1.54, 1.807) is 42.6 Å². The Kier molecular flexibility index (Phi) is 7.98. The van der Waals surface area contributed by atoms with E-state index >= 15 is 0 Å². The van der Waals surface area contributed by atoms with Gasteiger partial charge in [0.1, 0.15) is 24.1 Å². The summed E-state index contributed by atoms with van der Waals surface area (Å²) in [6.45, 7) is 4.90. The van der Waals surface area contributed by atoms with E-state index in [1.807, 2.05) is 26.0 Å². The number of benzene rings is 2. The first kappa shape index (κ1) is 25.3. The van der Waals surface area contributed by atoms with E-state index < -0.39 is 12.2 Å². The summed E-state index contributed by atoms with van der Waals surface area (Å²) in [6.07, 6.45) is 3.22. The van der Waals surface area contributed by atoms with Crippen LogP contribution >= 0.6 is 11.6 Å². The van der Waals surface area contributed by atoms with Crippen LogP contribution in [0.4, 0.5) is 0 Å². The molecule has 0 aliphatic carbocycles. The summed E-state index contributed by atoms with van der Waals surface area (Å²) in [5.41, 5.74) is 1.09. The predicted molar refractivity (Wildman–Crippen MR) is 132 cm³/mol. The van der Waals surface area contributed by atoms with Crippen molar-refractivity contribution in [2.24, 2.45) is 0 Å². The van der Waals surface area contributed by atoms with Crippen LogP contribution in [0, 0.1) is 0 Å². The molecule has 0 fully saturated rings. The number of methoxy groups -OCH3 is 1. The standard InChI is InChI=1S/C23H22ClN3O5.C2H6/c1-23(30,12-28)13-32-20-8-7-18(10-21(20)31-2)26-14-25-27-11-16(9-19(27)22(26)29)15-3-5-17(24)6-4-15;1-2/h3-11,14,28,30H,12-13H2,1-2H3;1-2H3. The molecular formula is C25H28ClN3O5. The van der Waals surface area contributed by atoms with E-state index in [0.29, 0.717) is 27.7 Å². The number of halogens is 1. The summed E-state index contributed by atoms with van der Waals surface area (Å²) in [5, 5.41) is 24.1. The maximum Gasteiger partial charge on any atom is 0.282 e. The van der Waals surface area contributed by atoms with Crippen molar-refractivity contribution in [1.82, 2.24) is 14.2 Å². The lowest BCUT2D eigenvalue weighted by atomic mass is 10.1. The van der Waals surface area contributed by atoms with Gasteiger partial charge in [-0.05, 0) is 42.8 Å². The van der Waals surface area contributed by atoms with E-state index in [4.69, 9.17) is 21.1 Å². The number of ether oxygens (including phenoxy) is 2. The molecule has 0 saturated heterocycles. The Balaban J connectivity index is 0.00000158. The largest absolute Gasteiger partial charge is 0.493 e. The summed E-state index contributed by atoms with van der Waals surface area (Å²) in [6, 6.07) is 14.1. The molecule has 4 rings (SSSR count). The molecule has 0 radical (unpaired) electrons.